The lowest BCUT2D eigenvalue weighted by atomic mass is 10.2. The number of nitrogens with zero attached hydrogens (tertiary/aromatic N) is 3. The van der Waals surface area contributed by atoms with Crippen LogP contribution in [0.1, 0.15) is 27.3 Å². The molecule has 2 heterocycles. The largest absolute Gasteiger partial charge is 0.337 e. The Morgan fingerprint density at radius 1 is 0.875 bits per heavy atom. The molecule has 0 atom stereocenters. The number of benzene rings is 1. The molecular formula is C18H18IN3O2. The summed E-state index contributed by atoms with van der Waals surface area (Å²) < 4.78 is 0.950. The molecule has 0 unspecified atom stereocenters. The molecule has 0 spiro atoms. The number of aromatic nitrogens is 1. The molecule has 2 aromatic rings. The van der Waals surface area contributed by atoms with E-state index in [0.29, 0.717) is 31.9 Å². The summed E-state index contributed by atoms with van der Waals surface area (Å²) in [5.41, 5.74) is 1.18. The molecule has 0 radical (unpaired) electrons. The molecule has 6 heteroatoms. The molecule has 1 aromatic heterocycles. The highest BCUT2D eigenvalue weighted by atomic mass is 127. The van der Waals surface area contributed by atoms with E-state index in [0.717, 1.165) is 15.6 Å². The van der Waals surface area contributed by atoms with Gasteiger partial charge in [-0.25, -0.2) is 0 Å². The lowest BCUT2D eigenvalue weighted by Crippen LogP contribution is -2.37. The van der Waals surface area contributed by atoms with Crippen molar-refractivity contribution in [3.63, 3.8) is 0 Å². The van der Waals surface area contributed by atoms with E-state index in [4.69, 9.17) is 0 Å². The summed E-state index contributed by atoms with van der Waals surface area (Å²) in [6, 6.07) is 12.9. The van der Waals surface area contributed by atoms with Gasteiger partial charge in [0.05, 0.1) is 5.56 Å². The van der Waals surface area contributed by atoms with Crippen molar-refractivity contribution in [2.45, 2.75) is 6.42 Å². The monoisotopic (exact) mass is 435 g/mol. The Hall–Kier alpha value is -1.96. The van der Waals surface area contributed by atoms with Crippen LogP contribution < -0.4 is 0 Å². The minimum absolute atomic E-state index is 0.0344. The first-order valence-electron chi connectivity index (χ1n) is 7.91. The van der Waals surface area contributed by atoms with E-state index in [1.807, 2.05) is 35.2 Å². The van der Waals surface area contributed by atoms with Gasteiger partial charge in [0.25, 0.3) is 11.8 Å². The maximum Gasteiger partial charge on any atom is 0.272 e. The molecule has 1 saturated heterocycles. The van der Waals surface area contributed by atoms with Gasteiger partial charge in [-0.2, -0.15) is 0 Å². The number of pyridine rings is 1. The quantitative estimate of drug-likeness (QED) is 0.682. The van der Waals surface area contributed by atoms with Crippen LogP contribution in [-0.4, -0.2) is 52.8 Å². The van der Waals surface area contributed by atoms with Crippen LogP contribution in [0.2, 0.25) is 0 Å². The third-order valence-electron chi connectivity index (χ3n) is 4.06. The average molecular weight is 435 g/mol. The number of hydrogen-bond donors (Lipinski definition) is 0. The van der Waals surface area contributed by atoms with E-state index in [1.165, 1.54) is 0 Å². The fourth-order valence-corrected chi connectivity index (χ4v) is 3.40. The van der Waals surface area contributed by atoms with E-state index in [1.54, 1.807) is 23.2 Å². The highest BCUT2D eigenvalue weighted by Gasteiger charge is 2.24. The molecule has 24 heavy (non-hydrogen) atoms. The minimum atomic E-state index is -0.0702. The maximum atomic E-state index is 12.7. The first-order chi connectivity index (χ1) is 11.7. The van der Waals surface area contributed by atoms with Gasteiger partial charge in [0.1, 0.15) is 5.69 Å². The van der Waals surface area contributed by atoms with Crippen molar-refractivity contribution in [1.29, 1.82) is 0 Å². The predicted molar refractivity (Wildman–Crippen MR) is 99.8 cm³/mol. The lowest BCUT2D eigenvalue weighted by Gasteiger charge is -2.22. The Morgan fingerprint density at radius 3 is 2.21 bits per heavy atom. The van der Waals surface area contributed by atoms with Crippen molar-refractivity contribution >= 4 is 34.4 Å². The summed E-state index contributed by atoms with van der Waals surface area (Å²) >= 11 is 2.18. The lowest BCUT2D eigenvalue weighted by molar-refractivity contribution is 0.0715. The van der Waals surface area contributed by atoms with Gasteiger partial charge >= 0.3 is 0 Å². The van der Waals surface area contributed by atoms with Crippen molar-refractivity contribution in [3.8, 4) is 0 Å². The summed E-state index contributed by atoms with van der Waals surface area (Å²) in [4.78, 5) is 33.0. The van der Waals surface area contributed by atoms with E-state index in [2.05, 4.69) is 27.6 Å². The van der Waals surface area contributed by atoms with Gasteiger partial charge in [-0.3, -0.25) is 14.6 Å². The summed E-state index contributed by atoms with van der Waals surface area (Å²) in [6.07, 6.45) is 2.39. The Morgan fingerprint density at radius 2 is 1.54 bits per heavy atom. The van der Waals surface area contributed by atoms with Crippen molar-refractivity contribution < 1.29 is 9.59 Å². The number of halogens is 1. The first-order valence-corrected chi connectivity index (χ1v) is 8.99. The topological polar surface area (TPSA) is 53.5 Å². The molecule has 3 rings (SSSR count). The summed E-state index contributed by atoms with van der Waals surface area (Å²) in [7, 11) is 0. The van der Waals surface area contributed by atoms with Crippen LogP contribution in [0.3, 0.4) is 0 Å². The molecule has 0 saturated carbocycles. The minimum Gasteiger partial charge on any atom is -0.337 e. The van der Waals surface area contributed by atoms with E-state index in [-0.39, 0.29) is 11.8 Å². The molecule has 1 aromatic carbocycles. The molecule has 1 aliphatic rings. The van der Waals surface area contributed by atoms with Crippen molar-refractivity contribution in [2.75, 3.05) is 26.2 Å². The summed E-state index contributed by atoms with van der Waals surface area (Å²) in [6.45, 7) is 2.38. The van der Waals surface area contributed by atoms with Gasteiger partial charge in [0.15, 0.2) is 0 Å². The molecule has 5 nitrogen and oxygen atoms in total. The average Bonchev–Trinajstić information content (AvgIpc) is 2.88. The SMILES string of the molecule is O=C(c1ccccn1)N1CCCN(C(=O)c2ccccc2I)CC1. The van der Waals surface area contributed by atoms with Crippen LogP contribution >= 0.6 is 22.6 Å². The Kier molecular flexibility index (Phi) is 5.44. The molecule has 0 bridgehead atoms. The highest BCUT2D eigenvalue weighted by molar-refractivity contribution is 14.1. The predicted octanol–water partition coefficient (Wildman–Crippen LogP) is 2.67. The molecule has 124 valence electrons. The summed E-state index contributed by atoms with van der Waals surface area (Å²) in [5.74, 6) is -0.0358. The zero-order chi connectivity index (χ0) is 16.9. The van der Waals surface area contributed by atoms with Gasteiger partial charge in [0, 0.05) is 35.9 Å². The molecule has 2 amide bonds. The van der Waals surface area contributed by atoms with E-state index < -0.39 is 0 Å². The van der Waals surface area contributed by atoms with Gasteiger partial charge in [0.2, 0.25) is 0 Å². The number of amides is 2. The zero-order valence-electron chi connectivity index (χ0n) is 13.2. The Bertz CT molecular complexity index is 736. The molecule has 0 aliphatic carbocycles. The molecule has 1 aliphatic heterocycles. The van der Waals surface area contributed by atoms with Crippen LogP contribution in [0.15, 0.2) is 48.7 Å². The third-order valence-corrected chi connectivity index (χ3v) is 5.00. The maximum absolute atomic E-state index is 12.7. The highest BCUT2D eigenvalue weighted by Crippen LogP contribution is 2.16. The normalized spacial score (nSPS) is 15.0. The van der Waals surface area contributed by atoms with Gasteiger partial charge < -0.3 is 9.80 Å². The van der Waals surface area contributed by atoms with Crippen molar-refractivity contribution in [3.05, 3.63) is 63.5 Å². The van der Waals surface area contributed by atoms with Crippen LogP contribution in [0, 0.1) is 3.57 Å². The molecular weight excluding hydrogens is 417 g/mol. The fraction of sp³-hybridized carbons (Fsp3) is 0.278. The first kappa shape index (κ1) is 16.9. The van der Waals surface area contributed by atoms with Crippen molar-refractivity contribution in [1.82, 2.24) is 14.8 Å². The van der Waals surface area contributed by atoms with Crippen LogP contribution in [0.4, 0.5) is 0 Å². The van der Waals surface area contributed by atoms with E-state index >= 15 is 0 Å². The molecule has 0 N–H and O–H groups in total. The second-order valence-corrected chi connectivity index (χ2v) is 6.79. The number of rotatable bonds is 2. The molecule has 1 fully saturated rings. The number of carbonyl (C=O) groups is 2. The number of hydrogen-bond acceptors (Lipinski definition) is 3. The zero-order valence-corrected chi connectivity index (χ0v) is 15.3. The standard InChI is InChI=1S/C18H18IN3O2/c19-15-7-2-1-6-14(15)17(23)21-10-5-11-22(13-12-21)18(24)16-8-3-4-9-20-16/h1-4,6-9H,5,10-13H2. The fourth-order valence-electron chi connectivity index (χ4n) is 2.78. The Balaban J connectivity index is 1.68. The van der Waals surface area contributed by atoms with Gasteiger partial charge in [-0.15, -0.1) is 0 Å². The smallest absolute Gasteiger partial charge is 0.272 e. The third kappa shape index (κ3) is 3.75. The second kappa shape index (κ2) is 7.74. The van der Waals surface area contributed by atoms with Crippen LogP contribution in [-0.2, 0) is 0 Å². The van der Waals surface area contributed by atoms with Crippen LogP contribution in [0.5, 0.6) is 0 Å². The second-order valence-electron chi connectivity index (χ2n) is 5.63. The Labute approximate surface area is 154 Å². The summed E-state index contributed by atoms with van der Waals surface area (Å²) in [5, 5.41) is 0. The van der Waals surface area contributed by atoms with Crippen molar-refractivity contribution in [2.24, 2.45) is 0 Å². The number of carbonyl (C=O) groups excluding carboxylic acids is 2. The van der Waals surface area contributed by atoms with E-state index in [9.17, 15) is 9.59 Å². The van der Waals surface area contributed by atoms with Crippen LogP contribution in [0.25, 0.3) is 0 Å². The van der Waals surface area contributed by atoms with Gasteiger partial charge in [-0.05, 0) is 53.3 Å². The van der Waals surface area contributed by atoms with Gasteiger partial charge in [-0.1, -0.05) is 18.2 Å².